The van der Waals surface area contributed by atoms with Crippen molar-refractivity contribution in [3.8, 4) is 5.75 Å². The number of fused-ring (bicyclic) bond motifs is 1. The van der Waals surface area contributed by atoms with Crippen LogP contribution >= 0.6 is 0 Å². The van der Waals surface area contributed by atoms with Crippen LogP contribution in [0.5, 0.6) is 5.75 Å². The molecule has 1 aliphatic rings. The quantitative estimate of drug-likeness (QED) is 0.686. The van der Waals surface area contributed by atoms with Gasteiger partial charge in [0.15, 0.2) is 5.88 Å². The van der Waals surface area contributed by atoms with Crippen molar-refractivity contribution < 1.29 is 9.53 Å². The van der Waals surface area contributed by atoms with E-state index in [1.165, 1.54) is 0 Å². The summed E-state index contributed by atoms with van der Waals surface area (Å²) in [5.74, 6) is 1.32. The number of nitrogens with one attached hydrogen (secondary N) is 1. The number of para-hydroxylation sites is 1. The number of carbonyl (C=O) groups is 1. The summed E-state index contributed by atoms with van der Waals surface area (Å²) in [6, 6.07) is 7.76. The Hall–Kier alpha value is -1.77. The molecule has 1 aliphatic heterocycles. The van der Waals surface area contributed by atoms with Gasteiger partial charge in [0.2, 0.25) is 6.41 Å². The predicted molar refractivity (Wildman–Crippen MR) is 48.1 cm³/mol. The Morgan fingerprint density at radius 2 is 2.23 bits per heavy atom. The van der Waals surface area contributed by atoms with Crippen LogP contribution in [-0.2, 0) is 11.2 Å². The van der Waals surface area contributed by atoms with Gasteiger partial charge in [-0.3, -0.25) is 10.1 Å². The molecule has 0 unspecified atom stereocenters. The molecular formula is C10H9NO2. The number of rotatable bonds is 2. The maximum atomic E-state index is 10.2. The molecule has 1 heterocycles. The van der Waals surface area contributed by atoms with E-state index in [0.717, 1.165) is 17.7 Å². The maximum Gasteiger partial charge on any atom is 0.213 e. The second kappa shape index (κ2) is 3.31. The predicted octanol–water partition coefficient (Wildman–Crippen LogP) is 1.21. The van der Waals surface area contributed by atoms with Crippen molar-refractivity contribution in [1.29, 1.82) is 0 Å². The van der Waals surface area contributed by atoms with Gasteiger partial charge in [0.05, 0.1) is 0 Å². The highest BCUT2D eigenvalue weighted by molar-refractivity contribution is 5.50. The van der Waals surface area contributed by atoms with Gasteiger partial charge in [-0.25, -0.2) is 0 Å². The van der Waals surface area contributed by atoms with Crippen LogP contribution in [0.15, 0.2) is 36.2 Å². The van der Waals surface area contributed by atoms with E-state index in [-0.39, 0.29) is 0 Å². The Morgan fingerprint density at radius 1 is 1.38 bits per heavy atom. The van der Waals surface area contributed by atoms with Crippen molar-refractivity contribution in [3.05, 3.63) is 41.8 Å². The topological polar surface area (TPSA) is 38.3 Å². The monoisotopic (exact) mass is 175 g/mol. The summed E-state index contributed by atoms with van der Waals surface area (Å²) >= 11 is 0. The van der Waals surface area contributed by atoms with E-state index in [1.807, 2.05) is 30.3 Å². The summed E-state index contributed by atoms with van der Waals surface area (Å²) in [7, 11) is 0. The van der Waals surface area contributed by atoms with Crippen LogP contribution in [0, 0.1) is 0 Å². The molecular weight excluding hydrogens is 166 g/mol. The lowest BCUT2D eigenvalue weighted by Crippen LogP contribution is -2.18. The summed E-state index contributed by atoms with van der Waals surface area (Å²) < 4.78 is 5.39. The molecule has 0 saturated heterocycles. The van der Waals surface area contributed by atoms with Crippen molar-refractivity contribution in [2.75, 3.05) is 0 Å². The van der Waals surface area contributed by atoms with Crippen LogP contribution in [0.1, 0.15) is 5.56 Å². The third kappa shape index (κ3) is 1.54. The fourth-order valence-electron chi connectivity index (χ4n) is 1.28. The van der Waals surface area contributed by atoms with Gasteiger partial charge in [-0.2, -0.15) is 0 Å². The number of hydrogen-bond acceptors (Lipinski definition) is 2. The molecule has 13 heavy (non-hydrogen) atoms. The standard InChI is InChI=1S/C10H9NO2/c12-7-11-10-6-5-8-3-1-2-4-9(8)13-10/h1-4,6-7H,5H2,(H,11,12). The first-order valence-corrected chi connectivity index (χ1v) is 4.06. The van der Waals surface area contributed by atoms with Gasteiger partial charge in [0, 0.05) is 0 Å². The lowest BCUT2D eigenvalue weighted by atomic mass is 10.1. The average molecular weight is 175 g/mol. The van der Waals surface area contributed by atoms with E-state index in [4.69, 9.17) is 4.74 Å². The minimum absolute atomic E-state index is 0.508. The highest BCUT2D eigenvalue weighted by atomic mass is 16.5. The van der Waals surface area contributed by atoms with E-state index in [1.54, 1.807) is 0 Å². The molecule has 3 nitrogen and oxygen atoms in total. The molecule has 1 N–H and O–H groups in total. The summed E-state index contributed by atoms with van der Waals surface area (Å²) in [6.45, 7) is 0. The van der Waals surface area contributed by atoms with Crippen LogP contribution in [0.25, 0.3) is 0 Å². The van der Waals surface area contributed by atoms with Gasteiger partial charge in [0.1, 0.15) is 5.75 Å². The van der Waals surface area contributed by atoms with Crippen molar-refractivity contribution in [2.24, 2.45) is 0 Å². The Morgan fingerprint density at radius 3 is 3.08 bits per heavy atom. The lowest BCUT2D eigenvalue weighted by molar-refractivity contribution is -0.109. The van der Waals surface area contributed by atoms with Gasteiger partial charge < -0.3 is 4.74 Å². The third-order valence-electron chi connectivity index (χ3n) is 1.90. The molecule has 2 rings (SSSR count). The van der Waals surface area contributed by atoms with Gasteiger partial charge in [-0.1, -0.05) is 18.2 Å². The van der Waals surface area contributed by atoms with E-state index in [2.05, 4.69) is 5.32 Å². The van der Waals surface area contributed by atoms with Crippen LogP contribution in [0.4, 0.5) is 0 Å². The van der Waals surface area contributed by atoms with Crippen LogP contribution < -0.4 is 10.1 Å². The molecule has 0 spiro atoms. The van der Waals surface area contributed by atoms with E-state index >= 15 is 0 Å². The number of ether oxygens (including phenoxy) is 1. The molecule has 0 atom stereocenters. The molecule has 1 aromatic rings. The molecule has 0 saturated carbocycles. The number of benzene rings is 1. The SMILES string of the molecule is O=CNC1=CCc2ccccc2O1. The van der Waals surface area contributed by atoms with Crippen LogP contribution in [0.2, 0.25) is 0 Å². The van der Waals surface area contributed by atoms with E-state index in [0.29, 0.717) is 12.3 Å². The molecule has 66 valence electrons. The molecule has 1 amide bonds. The fourth-order valence-corrected chi connectivity index (χ4v) is 1.28. The summed E-state index contributed by atoms with van der Waals surface area (Å²) in [4.78, 5) is 10.2. The first-order chi connectivity index (χ1) is 6.40. The summed E-state index contributed by atoms with van der Waals surface area (Å²) in [5.41, 5.74) is 1.14. The number of amides is 1. The van der Waals surface area contributed by atoms with Gasteiger partial charge in [-0.05, 0) is 24.1 Å². The summed E-state index contributed by atoms with van der Waals surface area (Å²) in [5, 5.41) is 2.48. The number of allylic oxidation sites excluding steroid dienone is 1. The minimum Gasteiger partial charge on any atom is -0.441 e. The molecule has 0 aliphatic carbocycles. The minimum atomic E-state index is 0.508. The van der Waals surface area contributed by atoms with Crippen molar-refractivity contribution >= 4 is 6.41 Å². The fraction of sp³-hybridized carbons (Fsp3) is 0.100. The highest BCUT2D eigenvalue weighted by Crippen LogP contribution is 2.24. The van der Waals surface area contributed by atoms with Crippen molar-refractivity contribution in [1.82, 2.24) is 5.32 Å². The average Bonchev–Trinajstić information content (AvgIpc) is 2.18. The van der Waals surface area contributed by atoms with Crippen LogP contribution in [0.3, 0.4) is 0 Å². The van der Waals surface area contributed by atoms with Crippen molar-refractivity contribution in [2.45, 2.75) is 6.42 Å². The highest BCUT2D eigenvalue weighted by Gasteiger charge is 2.10. The molecule has 0 aromatic heterocycles. The largest absolute Gasteiger partial charge is 0.441 e. The molecule has 1 aromatic carbocycles. The molecule has 0 bridgehead atoms. The Kier molecular flexibility index (Phi) is 2.00. The smallest absolute Gasteiger partial charge is 0.213 e. The zero-order chi connectivity index (χ0) is 9.10. The zero-order valence-electron chi connectivity index (χ0n) is 6.99. The van der Waals surface area contributed by atoms with E-state index < -0.39 is 0 Å². The van der Waals surface area contributed by atoms with Gasteiger partial charge in [0.25, 0.3) is 0 Å². The molecule has 0 fully saturated rings. The first-order valence-electron chi connectivity index (χ1n) is 4.06. The van der Waals surface area contributed by atoms with E-state index in [9.17, 15) is 4.79 Å². The van der Waals surface area contributed by atoms with Crippen LogP contribution in [-0.4, -0.2) is 6.41 Å². The molecule has 0 radical (unpaired) electrons. The molecule has 3 heteroatoms. The maximum absolute atomic E-state index is 10.2. The van der Waals surface area contributed by atoms with Gasteiger partial charge >= 0.3 is 0 Å². The zero-order valence-corrected chi connectivity index (χ0v) is 6.99. The lowest BCUT2D eigenvalue weighted by Gasteiger charge is -2.16. The van der Waals surface area contributed by atoms with Crippen molar-refractivity contribution in [3.63, 3.8) is 0 Å². The summed E-state index contributed by atoms with van der Waals surface area (Å²) in [6.07, 6.45) is 3.25. The Labute approximate surface area is 76.0 Å². The number of hydrogen-bond donors (Lipinski definition) is 1. The second-order valence-corrected chi connectivity index (χ2v) is 2.74. The Bertz CT molecular complexity index is 358. The second-order valence-electron chi connectivity index (χ2n) is 2.74. The first kappa shape index (κ1) is 7.86. The Balaban J connectivity index is 2.22. The van der Waals surface area contributed by atoms with Gasteiger partial charge in [-0.15, -0.1) is 0 Å². The number of carbonyl (C=O) groups excluding carboxylic acids is 1. The third-order valence-corrected chi connectivity index (χ3v) is 1.90. The normalized spacial score (nSPS) is 13.7.